The average molecular weight is 235 g/mol. The second-order valence-corrected chi connectivity index (χ2v) is 4.60. The lowest BCUT2D eigenvalue weighted by Crippen LogP contribution is -2.25. The van der Waals surface area contributed by atoms with Gasteiger partial charge in [0.1, 0.15) is 0 Å². The lowest BCUT2D eigenvalue weighted by Gasteiger charge is -2.22. The van der Waals surface area contributed by atoms with Crippen molar-refractivity contribution in [2.75, 3.05) is 18.5 Å². The molecule has 3 nitrogen and oxygen atoms in total. The molecule has 0 spiro atoms. The molecule has 0 saturated carbocycles. The van der Waals surface area contributed by atoms with Crippen LogP contribution in [-0.2, 0) is 11.2 Å². The van der Waals surface area contributed by atoms with Crippen LogP contribution in [0.1, 0.15) is 25.8 Å². The van der Waals surface area contributed by atoms with Gasteiger partial charge in [0, 0.05) is 25.7 Å². The zero-order valence-corrected chi connectivity index (χ0v) is 10.8. The molecule has 0 radical (unpaired) electrons. The fraction of sp³-hybridized carbons (Fsp3) is 0.500. The highest BCUT2D eigenvalue weighted by atomic mass is 16.4. The van der Waals surface area contributed by atoms with Gasteiger partial charge in [-0.1, -0.05) is 26.0 Å². The van der Waals surface area contributed by atoms with Crippen molar-refractivity contribution in [3.8, 4) is 0 Å². The van der Waals surface area contributed by atoms with E-state index in [2.05, 4.69) is 36.1 Å². The van der Waals surface area contributed by atoms with Crippen LogP contribution in [0, 0.1) is 5.92 Å². The van der Waals surface area contributed by atoms with Crippen molar-refractivity contribution in [1.82, 2.24) is 0 Å². The zero-order valence-electron chi connectivity index (χ0n) is 10.8. The predicted molar refractivity (Wildman–Crippen MR) is 70.5 cm³/mol. The van der Waals surface area contributed by atoms with Crippen LogP contribution in [0.25, 0.3) is 0 Å². The van der Waals surface area contributed by atoms with Crippen molar-refractivity contribution in [2.45, 2.75) is 26.7 Å². The number of hydrogen-bond donors (Lipinski definition) is 1. The maximum absolute atomic E-state index is 10.6. The lowest BCUT2D eigenvalue weighted by molar-refractivity contribution is -0.137. The summed E-state index contributed by atoms with van der Waals surface area (Å²) in [5.74, 6) is -0.574. The molecule has 1 aromatic carbocycles. The van der Waals surface area contributed by atoms with Gasteiger partial charge in [-0.05, 0) is 30.0 Å². The Bertz CT molecular complexity index is 359. The molecule has 0 heterocycles. The van der Waals surface area contributed by atoms with Crippen LogP contribution in [0.5, 0.6) is 0 Å². The van der Waals surface area contributed by atoms with Gasteiger partial charge in [-0.3, -0.25) is 4.79 Å². The lowest BCUT2D eigenvalue weighted by atomic mass is 10.1. The molecule has 0 amide bonds. The SMILES string of the molecule is CCc1ccc(N(C)CC(C)CC(=O)O)cc1. The molecule has 0 aromatic heterocycles. The van der Waals surface area contributed by atoms with Gasteiger partial charge in [0.15, 0.2) is 0 Å². The van der Waals surface area contributed by atoms with Gasteiger partial charge in [0.05, 0.1) is 0 Å². The summed E-state index contributed by atoms with van der Waals surface area (Å²) < 4.78 is 0. The first kappa shape index (κ1) is 13.6. The van der Waals surface area contributed by atoms with E-state index in [9.17, 15) is 4.79 Å². The van der Waals surface area contributed by atoms with Crippen LogP contribution in [0.4, 0.5) is 5.69 Å². The molecule has 1 N–H and O–H groups in total. The summed E-state index contributed by atoms with van der Waals surface area (Å²) in [6.45, 7) is 4.86. The zero-order chi connectivity index (χ0) is 12.8. The Morgan fingerprint density at radius 3 is 2.41 bits per heavy atom. The maximum Gasteiger partial charge on any atom is 0.303 e. The Balaban J connectivity index is 2.56. The summed E-state index contributed by atoms with van der Waals surface area (Å²) in [6.07, 6.45) is 1.26. The van der Waals surface area contributed by atoms with Crippen LogP contribution in [0.2, 0.25) is 0 Å². The van der Waals surface area contributed by atoms with E-state index in [1.54, 1.807) is 0 Å². The Morgan fingerprint density at radius 2 is 1.94 bits per heavy atom. The molecule has 0 fully saturated rings. The largest absolute Gasteiger partial charge is 0.481 e. The molecule has 1 unspecified atom stereocenters. The van der Waals surface area contributed by atoms with Gasteiger partial charge in [-0.2, -0.15) is 0 Å². The summed E-state index contributed by atoms with van der Waals surface area (Å²) in [7, 11) is 2.00. The number of carboxylic acid groups (broad SMARTS) is 1. The molecular weight excluding hydrogens is 214 g/mol. The van der Waals surface area contributed by atoms with E-state index in [-0.39, 0.29) is 12.3 Å². The Hall–Kier alpha value is -1.51. The summed E-state index contributed by atoms with van der Waals surface area (Å²) in [4.78, 5) is 12.7. The summed E-state index contributed by atoms with van der Waals surface area (Å²) in [6, 6.07) is 8.42. The van der Waals surface area contributed by atoms with E-state index in [0.29, 0.717) is 0 Å². The van der Waals surface area contributed by atoms with Crippen LogP contribution in [0.15, 0.2) is 24.3 Å². The molecule has 0 aliphatic carbocycles. The van der Waals surface area contributed by atoms with Crippen molar-refractivity contribution >= 4 is 11.7 Å². The second kappa shape index (κ2) is 6.28. The number of anilines is 1. The van der Waals surface area contributed by atoms with Crippen LogP contribution >= 0.6 is 0 Å². The molecule has 0 bridgehead atoms. The smallest absolute Gasteiger partial charge is 0.303 e. The van der Waals surface area contributed by atoms with Gasteiger partial charge in [-0.25, -0.2) is 0 Å². The van der Waals surface area contributed by atoms with E-state index in [1.165, 1.54) is 5.56 Å². The monoisotopic (exact) mass is 235 g/mol. The van der Waals surface area contributed by atoms with E-state index in [4.69, 9.17) is 5.11 Å². The molecular formula is C14H21NO2. The average Bonchev–Trinajstić information content (AvgIpc) is 2.28. The topological polar surface area (TPSA) is 40.5 Å². The van der Waals surface area contributed by atoms with Crippen LogP contribution in [-0.4, -0.2) is 24.7 Å². The molecule has 0 saturated heterocycles. The molecule has 3 heteroatoms. The number of carbonyl (C=O) groups is 1. The van der Waals surface area contributed by atoms with E-state index >= 15 is 0 Å². The number of aliphatic carboxylic acids is 1. The molecule has 94 valence electrons. The van der Waals surface area contributed by atoms with Gasteiger partial charge in [0.2, 0.25) is 0 Å². The van der Waals surface area contributed by atoms with Gasteiger partial charge in [0.25, 0.3) is 0 Å². The highest BCUT2D eigenvalue weighted by Crippen LogP contribution is 2.16. The fourth-order valence-corrected chi connectivity index (χ4v) is 1.92. The van der Waals surface area contributed by atoms with E-state index in [0.717, 1.165) is 18.7 Å². The van der Waals surface area contributed by atoms with Gasteiger partial charge < -0.3 is 10.0 Å². The summed E-state index contributed by atoms with van der Waals surface area (Å²) in [5.41, 5.74) is 2.46. The Labute approximate surface area is 103 Å². The number of hydrogen-bond acceptors (Lipinski definition) is 2. The summed E-state index contributed by atoms with van der Waals surface area (Å²) in [5, 5.41) is 8.72. The quantitative estimate of drug-likeness (QED) is 0.824. The van der Waals surface area contributed by atoms with Crippen molar-refractivity contribution in [3.63, 3.8) is 0 Å². The van der Waals surface area contributed by atoms with Crippen molar-refractivity contribution in [2.24, 2.45) is 5.92 Å². The molecule has 0 aliphatic rings. The third-order valence-electron chi connectivity index (χ3n) is 2.89. The maximum atomic E-state index is 10.6. The third-order valence-corrected chi connectivity index (χ3v) is 2.89. The van der Waals surface area contributed by atoms with Gasteiger partial charge >= 0.3 is 5.97 Å². The minimum absolute atomic E-state index is 0.156. The fourth-order valence-electron chi connectivity index (χ4n) is 1.92. The Kier molecular flexibility index (Phi) is 5.01. The van der Waals surface area contributed by atoms with Crippen molar-refractivity contribution in [3.05, 3.63) is 29.8 Å². The first-order valence-electron chi connectivity index (χ1n) is 6.04. The first-order chi connectivity index (χ1) is 8.02. The summed E-state index contributed by atoms with van der Waals surface area (Å²) >= 11 is 0. The molecule has 1 rings (SSSR count). The number of benzene rings is 1. The molecule has 0 aliphatic heterocycles. The number of rotatable bonds is 6. The first-order valence-corrected chi connectivity index (χ1v) is 6.04. The van der Waals surface area contributed by atoms with E-state index in [1.807, 2.05) is 14.0 Å². The van der Waals surface area contributed by atoms with E-state index < -0.39 is 5.97 Å². The van der Waals surface area contributed by atoms with Crippen molar-refractivity contribution < 1.29 is 9.90 Å². The second-order valence-electron chi connectivity index (χ2n) is 4.60. The third kappa shape index (κ3) is 4.47. The number of nitrogens with zero attached hydrogens (tertiary/aromatic N) is 1. The Morgan fingerprint density at radius 1 is 1.35 bits per heavy atom. The molecule has 17 heavy (non-hydrogen) atoms. The standard InChI is InChI=1S/C14H21NO2/c1-4-12-5-7-13(8-6-12)15(3)10-11(2)9-14(16)17/h5-8,11H,4,9-10H2,1-3H3,(H,16,17). The predicted octanol–water partition coefficient (Wildman–Crippen LogP) is 2.80. The van der Waals surface area contributed by atoms with Crippen molar-refractivity contribution in [1.29, 1.82) is 0 Å². The number of aryl methyl sites for hydroxylation is 1. The van der Waals surface area contributed by atoms with Gasteiger partial charge in [-0.15, -0.1) is 0 Å². The minimum atomic E-state index is -0.729. The normalized spacial score (nSPS) is 12.2. The number of carboxylic acids is 1. The molecule has 1 atom stereocenters. The highest BCUT2D eigenvalue weighted by Gasteiger charge is 2.10. The van der Waals surface area contributed by atoms with Crippen LogP contribution in [0.3, 0.4) is 0 Å². The molecule has 1 aromatic rings. The minimum Gasteiger partial charge on any atom is -0.481 e. The van der Waals surface area contributed by atoms with Crippen LogP contribution < -0.4 is 4.90 Å². The highest BCUT2D eigenvalue weighted by molar-refractivity contribution is 5.67.